The van der Waals surface area contributed by atoms with Crippen LogP contribution >= 0.6 is 0 Å². The minimum atomic E-state index is -4.79. The summed E-state index contributed by atoms with van der Waals surface area (Å²) in [6.45, 7) is 0. The van der Waals surface area contributed by atoms with Crippen molar-refractivity contribution in [2.45, 2.75) is 37.5 Å². The Bertz CT molecular complexity index is 1000. The van der Waals surface area contributed by atoms with E-state index in [0.29, 0.717) is 30.0 Å². The van der Waals surface area contributed by atoms with Gasteiger partial charge in [0.05, 0.1) is 17.2 Å². The Morgan fingerprint density at radius 1 is 1.32 bits per heavy atom. The number of nitrogens with one attached hydrogen (secondary N) is 1. The number of amides is 2. The first-order valence-electron chi connectivity index (χ1n) is 8.49. The average molecular weight is 391 g/mol. The van der Waals surface area contributed by atoms with Gasteiger partial charge in [-0.2, -0.15) is 22.8 Å². The molecule has 2 atom stereocenters. The zero-order valence-electron chi connectivity index (χ0n) is 14.3. The number of aromatic nitrogens is 2. The number of nitriles is 1. The maximum atomic E-state index is 14.0. The van der Waals surface area contributed by atoms with Gasteiger partial charge in [0.1, 0.15) is 11.9 Å². The molecular formula is C18H13F4N5O. The minimum Gasteiger partial charge on any atom is -0.314 e. The summed E-state index contributed by atoms with van der Waals surface area (Å²) in [5.74, 6) is -1.25. The summed E-state index contributed by atoms with van der Waals surface area (Å²) in [5.41, 5.74) is -0.382. The summed E-state index contributed by atoms with van der Waals surface area (Å²) in [4.78, 5) is 21.5. The first kappa shape index (κ1) is 18.2. The van der Waals surface area contributed by atoms with Crippen LogP contribution in [0.15, 0.2) is 24.5 Å². The van der Waals surface area contributed by atoms with Crippen molar-refractivity contribution in [3.8, 4) is 6.07 Å². The third kappa shape index (κ3) is 2.93. The van der Waals surface area contributed by atoms with E-state index in [1.807, 2.05) is 0 Å². The summed E-state index contributed by atoms with van der Waals surface area (Å²) in [6, 6.07) is 2.37. The highest BCUT2D eigenvalue weighted by Gasteiger charge is 2.44. The molecule has 10 heteroatoms. The lowest BCUT2D eigenvalue weighted by atomic mass is 9.95. The lowest BCUT2D eigenvalue weighted by Gasteiger charge is -2.36. The summed E-state index contributed by atoms with van der Waals surface area (Å²) in [7, 11) is 0. The fraction of sp³-hybridized carbons (Fsp3) is 0.333. The number of hydrogen-bond donors (Lipinski definition) is 1. The van der Waals surface area contributed by atoms with Crippen LogP contribution in [0.5, 0.6) is 0 Å². The van der Waals surface area contributed by atoms with Gasteiger partial charge >= 0.3 is 12.2 Å². The predicted octanol–water partition coefficient (Wildman–Crippen LogP) is 3.80. The van der Waals surface area contributed by atoms with Crippen molar-refractivity contribution in [1.82, 2.24) is 14.9 Å². The quantitative estimate of drug-likeness (QED) is 0.592. The summed E-state index contributed by atoms with van der Waals surface area (Å²) in [6.07, 6.45) is -1.06. The zero-order chi connectivity index (χ0) is 20.1. The average Bonchev–Trinajstić information content (AvgIpc) is 2.97. The fourth-order valence-corrected chi connectivity index (χ4v) is 3.93. The summed E-state index contributed by atoms with van der Waals surface area (Å²) >= 11 is 0. The number of halogens is 4. The van der Waals surface area contributed by atoms with Crippen molar-refractivity contribution in [2.75, 3.05) is 5.32 Å². The van der Waals surface area contributed by atoms with Crippen molar-refractivity contribution in [3.63, 3.8) is 0 Å². The molecule has 28 heavy (non-hydrogen) atoms. The van der Waals surface area contributed by atoms with E-state index in [2.05, 4.69) is 15.3 Å². The predicted molar refractivity (Wildman–Crippen MR) is 88.5 cm³/mol. The molecule has 2 aromatic heterocycles. The molecule has 4 rings (SSSR count). The maximum absolute atomic E-state index is 14.0. The van der Waals surface area contributed by atoms with Gasteiger partial charge in [-0.05, 0) is 37.0 Å². The van der Waals surface area contributed by atoms with Crippen LogP contribution < -0.4 is 5.32 Å². The minimum absolute atomic E-state index is 0.256. The molecule has 4 heterocycles. The van der Waals surface area contributed by atoms with Gasteiger partial charge in [-0.3, -0.25) is 5.32 Å². The third-order valence-electron chi connectivity index (χ3n) is 5.12. The standard InChI is InChI=1S/C18H13F4N5O/c19-15-12-6-10-1-2-14(11(12)3-4-24-15)27(10)17(28)26-16-13(18(20,21)22)5-9(7-23)8-25-16/h3-5,8,10,14H,1-2,6H2,(H,25,26,28)/t10-,14+/m1/s1. The largest absolute Gasteiger partial charge is 0.420 e. The number of hydrogen-bond acceptors (Lipinski definition) is 4. The molecule has 6 nitrogen and oxygen atoms in total. The van der Waals surface area contributed by atoms with E-state index >= 15 is 0 Å². The van der Waals surface area contributed by atoms with Gasteiger partial charge in [0.15, 0.2) is 0 Å². The van der Waals surface area contributed by atoms with Crippen LogP contribution in [-0.4, -0.2) is 26.9 Å². The lowest BCUT2D eigenvalue weighted by Crippen LogP contribution is -2.44. The monoisotopic (exact) mass is 391 g/mol. The van der Waals surface area contributed by atoms with Crippen molar-refractivity contribution in [1.29, 1.82) is 5.26 Å². The van der Waals surface area contributed by atoms with Crippen LogP contribution in [0.2, 0.25) is 0 Å². The molecule has 1 N–H and O–H groups in total. The van der Waals surface area contributed by atoms with E-state index < -0.39 is 35.6 Å². The number of urea groups is 1. The first-order valence-corrected chi connectivity index (χ1v) is 8.49. The molecule has 2 aliphatic heterocycles. The number of alkyl halides is 3. The highest BCUT2D eigenvalue weighted by atomic mass is 19.4. The number of carbonyl (C=O) groups is 1. The Hall–Kier alpha value is -3.22. The second kappa shape index (κ2) is 6.44. The summed E-state index contributed by atoms with van der Waals surface area (Å²) in [5, 5.41) is 11.0. The van der Waals surface area contributed by atoms with Crippen molar-refractivity contribution >= 4 is 11.8 Å². The van der Waals surface area contributed by atoms with E-state index in [0.717, 1.165) is 6.20 Å². The number of anilines is 1. The molecule has 0 radical (unpaired) electrons. The molecule has 1 fully saturated rings. The maximum Gasteiger partial charge on any atom is 0.420 e. The molecule has 0 saturated carbocycles. The Balaban J connectivity index is 1.65. The molecular weight excluding hydrogens is 378 g/mol. The lowest BCUT2D eigenvalue weighted by molar-refractivity contribution is -0.137. The Morgan fingerprint density at radius 3 is 2.82 bits per heavy atom. The fourth-order valence-electron chi connectivity index (χ4n) is 3.93. The van der Waals surface area contributed by atoms with Gasteiger partial charge in [-0.1, -0.05) is 0 Å². The number of fused-ring (bicyclic) bond motifs is 4. The number of pyridine rings is 2. The molecule has 144 valence electrons. The molecule has 0 aliphatic carbocycles. The Labute approximate surface area is 156 Å². The van der Waals surface area contributed by atoms with Gasteiger partial charge in [0.25, 0.3) is 0 Å². The van der Waals surface area contributed by atoms with Crippen molar-refractivity contribution in [3.05, 3.63) is 52.7 Å². The molecule has 2 aromatic rings. The normalized spacial score (nSPS) is 20.5. The Kier molecular flexibility index (Phi) is 4.18. The molecule has 2 amide bonds. The van der Waals surface area contributed by atoms with Crippen molar-refractivity contribution < 1.29 is 22.4 Å². The highest BCUT2D eigenvalue weighted by molar-refractivity contribution is 5.90. The van der Waals surface area contributed by atoms with Gasteiger partial charge in [-0.15, -0.1) is 0 Å². The molecule has 0 spiro atoms. The first-order chi connectivity index (χ1) is 13.3. The van der Waals surface area contributed by atoms with Gasteiger partial charge in [-0.25, -0.2) is 14.8 Å². The van der Waals surface area contributed by atoms with Crippen LogP contribution in [0, 0.1) is 17.3 Å². The van der Waals surface area contributed by atoms with Gasteiger partial charge in [0, 0.05) is 24.0 Å². The zero-order valence-corrected chi connectivity index (χ0v) is 14.3. The van der Waals surface area contributed by atoms with Crippen LogP contribution in [0.25, 0.3) is 0 Å². The van der Waals surface area contributed by atoms with E-state index in [4.69, 9.17) is 5.26 Å². The van der Waals surface area contributed by atoms with Crippen LogP contribution in [0.4, 0.5) is 28.2 Å². The molecule has 2 bridgehead atoms. The second-order valence-electron chi connectivity index (χ2n) is 6.69. The van der Waals surface area contributed by atoms with Gasteiger partial charge in [0.2, 0.25) is 5.95 Å². The van der Waals surface area contributed by atoms with Crippen LogP contribution in [0.1, 0.15) is 41.1 Å². The molecule has 0 aromatic carbocycles. The molecule has 1 saturated heterocycles. The SMILES string of the molecule is N#Cc1cnc(NC(=O)N2[C@@H]3CC[C@H]2c2ccnc(F)c2C3)c(C(F)(F)F)c1. The summed E-state index contributed by atoms with van der Waals surface area (Å²) < 4.78 is 53.9. The number of nitrogens with zero attached hydrogens (tertiary/aromatic N) is 4. The number of carbonyl (C=O) groups excluding carboxylic acids is 1. The molecule has 0 unspecified atom stereocenters. The van der Waals surface area contributed by atoms with E-state index in [1.54, 1.807) is 12.1 Å². The Morgan fingerprint density at radius 2 is 2.11 bits per heavy atom. The highest BCUT2D eigenvalue weighted by Crippen LogP contribution is 2.44. The van der Waals surface area contributed by atoms with Gasteiger partial charge < -0.3 is 4.90 Å². The molecule has 2 aliphatic rings. The third-order valence-corrected chi connectivity index (χ3v) is 5.12. The van der Waals surface area contributed by atoms with E-state index in [9.17, 15) is 22.4 Å². The van der Waals surface area contributed by atoms with E-state index in [-0.39, 0.29) is 18.0 Å². The van der Waals surface area contributed by atoms with Crippen LogP contribution in [0.3, 0.4) is 0 Å². The van der Waals surface area contributed by atoms with E-state index in [1.165, 1.54) is 11.1 Å². The van der Waals surface area contributed by atoms with Crippen LogP contribution in [-0.2, 0) is 12.6 Å². The topological polar surface area (TPSA) is 81.9 Å². The number of rotatable bonds is 1. The van der Waals surface area contributed by atoms with Crippen molar-refractivity contribution in [2.24, 2.45) is 0 Å². The smallest absolute Gasteiger partial charge is 0.314 e. The second-order valence-corrected chi connectivity index (χ2v) is 6.69.